The molecule has 0 unspecified atom stereocenters. The molecule has 0 amide bonds. The molecular weight excluding hydrogens is 290 g/mol. The quantitative estimate of drug-likeness (QED) is 0.370. The normalized spacial score (nSPS) is 26.7. The summed E-state index contributed by atoms with van der Waals surface area (Å²) in [7, 11) is 0. The Balaban J connectivity index is 1.80. The Morgan fingerprint density at radius 3 is 2.00 bits per heavy atom. The van der Waals surface area contributed by atoms with Crippen LogP contribution in [0, 0.1) is 5.92 Å². The summed E-state index contributed by atoms with van der Waals surface area (Å²) in [5, 5.41) is 31.8. The molecule has 0 aromatic heterocycles. The highest BCUT2D eigenvalue weighted by molar-refractivity contribution is 4.97. The molecule has 0 aromatic rings. The van der Waals surface area contributed by atoms with Crippen LogP contribution in [0.5, 0.6) is 0 Å². The summed E-state index contributed by atoms with van der Waals surface area (Å²) in [6.07, 6.45) is 12.5. The van der Waals surface area contributed by atoms with Crippen LogP contribution < -0.4 is 5.32 Å². The molecule has 1 saturated heterocycles. The lowest BCUT2D eigenvalue weighted by molar-refractivity contribution is -0.0192. The number of aliphatic hydroxyl groups excluding tert-OH is 3. The van der Waals surface area contributed by atoms with Gasteiger partial charge in [-0.1, -0.05) is 71.6 Å². The predicted octanol–water partition coefficient (Wildman–Crippen LogP) is 2.99. The summed E-state index contributed by atoms with van der Waals surface area (Å²) in [5.74, 6) is 0.436. The fraction of sp³-hybridized carbons (Fsp3) is 1.00. The maximum atomic E-state index is 9.90. The van der Waals surface area contributed by atoms with Gasteiger partial charge in [-0.3, -0.25) is 0 Å². The van der Waals surface area contributed by atoms with Crippen molar-refractivity contribution in [3.63, 3.8) is 0 Å². The van der Waals surface area contributed by atoms with E-state index in [1.165, 1.54) is 38.5 Å². The minimum atomic E-state index is -0.356. The molecule has 4 nitrogen and oxygen atoms in total. The molecule has 1 aliphatic rings. The van der Waals surface area contributed by atoms with Crippen molar-refractivity contribution < 1.29 is 15.3 Å². The van der Waals surface area contributed by atoms with Gasteiger partial charge in [0, 0.05) is 6.04 Å². The van der Waals surface area contributed by atoms with E-state index in [0.29, 0.717) is 5.92 Å². The van der Waals surface area contributed by atoms with Gasteiger partial charge >= 0.3 is 0 Å². The van der Waals surface area contributed by atoms with Crippen molar-refractivity contribution in [1.29, 1.82) is 0 Å². The first-order valence-electron chi connectivity index (χ1n) is 9.83. The van der Waals surface area contributed by atoms with Crippen LogP contribution in [0.4, 0.5) is 0 Å². The summed E-state index contributed by atoms with van der Waals surface area (Å²) >= 11 is 0. The van der Waals surface area contributed by atoms with Crippen LogP contribution in [-0.2, 0) is 0 Å². The second-order valence-corrected chi connectivity index (χ2v) is 7.41. The molecule has 0 spiro atoms. The van der Waals surface area contributed by atoms with Gasteiger partial charge in [0.1, 0.15) is 0 Å². The SMILES string of the molecule is CC[C@@H](C)[C@H](O)CCCCCCCCCC[C@@H]1N[C@@H](CO)[C@@H]1O. The lowest BCUT2D eigenvalue weighted by atomic mass is 9.89. The van der Waals surface area contributed by atoms with Gasteiger partial charge in [-0.25, -0.2) is 0 Å². The Morgan fingerprint density at radius 2 is 1.48 bits per heavy atom. The molecule has 1 heterocycles. The fourth-order valence-electron chi connectivity index (χ4n) is 3.38. The molecule has 1 rings (SSSR count). The zero-order valence-corrected chi connectivity index (χ0v) is 15.2. The number of hydrogen-bond donors (Lipinski definition) is 4. The lowest BCUT2D eigenvalue weighted by Crippen LogP contribution is -2.66. The van der Waals surface area contributed by atoms with Gasteiger partial charge < -0.3 is 20.6 Å². The average molecular weight is 330 g/mol. The molecule has 0 bridgehead atoms. The van der Waals surface area contributed by atoms with Crippen LogP contribution in [0.1, 0.15) is 84.5 Å². The van der Waals surface area contributed by atoms with E-state index in [1.807, 2.05) is 0 Å². The highest BCUT2D eigenvalue weighted by Gasteiger charge is 2.37. The highest BCUT2D eigenvalue weighted by atomic mass is 16.3. The molecule has 1 fully saturated rings. The van der Waals surface area contributed by atoms with Crippen LogP contribution in [0.2, 0.25) is 0 Å². The third-order valence-corrected chi connectivity index (χ3v) is 5.52. The summed E-state index contributed by atoms with van der Waals surface area (Å²) < 4.78 is 0. The molecule has 5 atom stereocenters. The first-order chi connectivity index (χ1) is 11.1. The van der Waals surface area contributed by atoms with Gasteiger partial charge in [0.05, 0.1) is 24.9 Å². The van der Waals surface area contributed by atoms with Gasteiger partial charge in [-0.05, 0) is 18.8 Å². The first-order valence-corrected chi connectivity index (χ1v) is 9.83. The second kappa shape index (κ2) is 12.2. The number of hydrogen-bond acceptors (Lipinski definition) is 4. The topological polar surface area (TPSA) is 72.7 Å². The van der Waals surface area contributed by atoms with E-state index in [0.717, 1.165) is 32.1 Å². The second-order valence-electron chi connectivity index (χ2n) is 7.41. The van der Waals surface area contributed by atoms with Crippen LogP contribution >= 0.6 is 0 Å². The molecule has 0 radical (unpaired) electrons. The van der Waals surface area contributed by atoms with E-state index in [-0.39, 0.29) is 30.9 Å². The predicted molar refractivity (Wildman–Crippen MR) is 95.4 cm³/mol. The van der Waals surface area contributed by atoms with Crippen molar-refractivity contribution in [2.24, 2.45) is 5.92 Å². The molecule has 0 aromatic carbocycles. The van der Waals surface area contributed by atoms with Gasteiger partial charge in [-0.2, -0.15) is 0 Å². The van der Waals surface area contributed by atoms with E-state index in [9.17, 15) is 10.2 Å². The number of unbranched alkanes of at least 4 members (excludes halogenated alkanes) is 7. The van der Waals surface area contributed by atoms with Crippen molar-refractivity contribution in [3.8, 4) is 0 Å². The highest BCUT2D eigenvalue weighted by Crippen LogP contribution is 2.19. The number of aliphatic hydroxyl groups is 3. The lowest BCUT2D eigenvalue weighted by Gasteiger charge is -2.42. The Kier molecular flexibility index (Phi) is 11.1. The Labute approximate surface area is 142 Å². The Morgan fingerprint density at radius 1 is 0.913 bits per heavy atom. The molecule has 138 valence electrons. The molecular formula is C19H39NO3. The van der Waals surface area contributed by atoms with E-state index in [4.69, 9.17) is 5.11 Å². The molecule has 1 aliphatic heterocycles. The smallest absolute Gasteiger partial charge is 0.0868 e. The molecule has 0 saturated carbocycles. The van der Waals surface area contributed by atoms with Crippen LogP contribution in [0.25, 0.3) is 0 Å². The average Bonchev–Trinajstić information content (AvgIpc) is 2.56. The number of rotatable bonds is 14. The third-order valence-electron chi connectivity index (χ3n) is 5.52. The van der Waals surface area contributed by atoms with Crippen molar-refractivity contribution >= 4 is 0 Å². The summed E-state index contributed by atoms with van der Waals surface area (Å²) in [4.78, 5) is 0. The van der Waals surface area contributed by atoms with E-state index in [2.05, 4.69) is 19.2 Å². The minimum Gasteiger partial charge on any atom is -0.395 e. The standard InChI is InChI=1S/C19H39NO3/c1-3-15(2)18(22)13-11-9-7-5-4-6-8-10-12-16-19(23)17(14-21)20-16/h15-23H,3-14H2,1-2H3/t15-,16+,17+,18-,19-/m1/s1. The van der Waals surface area contributed by atoms with E-state index in [1.54, 1.807) is 0 Å². The Hall–Kier alpha value is -0.160. The first kappa shape index (κ1) is 20.9. The molecule has 0 aliphatic carbocycles. The Bertz CT molecular complexity index is 288. The zero-order valence-electron chi connectivity index (χ0n) is 15.2. The van der Waals surface area contributed by atoms with Gasteiger partial charge in [0.25, 0.3) is 0 Å². The van der Waals surface area contributed by atoms with Crippen molar-refractivity contribution in [1.82, 2.24) is 5.32 Å². The van der Waals surface area contributed by atoms with Crippen molar-refractivity contribution in [2.75, 3.05) is 6.61 Å². The van der Waals surface area contributed by atoms with Gasteiger partial charge in [0.2, 0.25) is 0 Å². The van der Waals surface area contributed by atoms with E-state index >= 15 is 0 Å². The molecule has 23 heavy (non-hydrogen) atoms. The van der Waals surface area contributed by atoms with Crippen LogP contribution in [0.15, 0.2) is 0 Å². The minimum absolute atomic E-state index is 0.0338. The largest absolute Gasteiger partial charge is 0.395 e. The van der Waals surface area contributed by atoms with Crippen LogP contribution in [-0.4, -0.2) is 46.2 Å². The van der Waals surface area contributed by atoms with E-state index < -0.39 is 0 Å². The zero-order chi connectivity index (χ0) is 17.1. The third kappa shape index (κ3) is 7.97. The maximum Gasteiger partial charge on any atom is 0.0868 e. The summed E-state index contributed by atoms with van der Waals surface area (Å²) in [5.41, 5.74) is 0. The van der Waals surface area contributed by atoms with Gasteiger partial charge in [-0.15, -0.1) is 0 Å². The number of nitrogens with one attached hydrogen (secondary N) is 1. The maximum absolute atomic E-state index is 9.90. The summed E-state index contributed by atoms with van der Waals surface area (Å²) in [6, 6.07) is 0.0999. The summed E-state index contributed by atoms with van der Waals surface area (Å²) in [6.45, 7) is 4.30. The van der Waals surface area contributed by atoms with Crippen molar-refractivity contribution in [3.05, 3.63) is 0 Å². The van der Waals surface area contributed by atoms with Gasteiger partial charge in [0.15, 0.2) is 0 Å². The van der Waals surface area contributed by atoms with Crippen LogP contribution in [0.3, 0.4) is 0 Å². The monoisotopic (exact) mass is 329 g/mol. The fourth-order valence-corrected chi connectivity index (χ4v) is 3.38. The van der Waals surface area contributed by atoms with Crippen molar-refractivity contribution in [2.45, 2.75) is 109 Å². The molecule has 4 N–H and O–H groups in total. The molecule has 4 heteroatoms.